The molecule has 0 aromatic carbocycles. The average Bonchev–Trinajstić information content (AvgIpc) is 3.33. The van der Waals surface area contributed by atoms with E-state index >= 15 is 0 Å². The van der Waals surface area contributed by atoms with Gasteiger partial charge in [-0.25, -0.2) is 9.66 Å². The zero-order valence-electron chi connectivity index (χ0n) is 17.4. The summed E-state index contributed by atoms with van der Waals surface area (Å²) in [6, 6.07) is 0. The molecular weight excluding hydrogens is 452 g/mol. The number of thiazole rings is 1. The van der Waals surface area contributed by atoms with Crippen molar-refractivity contribution in [3.05, 3.63) is 53.7 Å². The Kier molecular flexibility index (Phi) is 8.16. The van der Waals surface area contributed by atoms with E-state index in [1.165, 1.54) is 29.9 Å². The molecule has 3 amide bonds. The van der Waals surface area contributed by atoms with Gasteiger partial charge in [0.2, 0.25) is 22.9 Å². The third kappa shape index (κ3) is 7.06. The third-order valence-corrected chi connectivity index (χ3v) is 5.56. The highest BCUT2D eigenvalue weighted by molar-refractivity contribution is 7.99. The number of nitrogens with one attached hydrogen (secondary N) is 3. The van der Waals surface area contributed by atoms with Crippen LogP contribution in [0.2, 0.25) is 0 Å². The minimum absolute atomic E-state index is 0.0845. The molecule has 2 aromatic heterocycles. The van der Waals surface area contributed by atoms with Crippen molar-refractivity contribution in [1.29, 1.82) is 0 Å². The van der Waals surface area contributed by atoms with Gasteiger partial charge in [-0.15, -0.1) is 21.5 Å². The van der Waals surface area contributed by atoms with E-state index in [0.29, 0.717) is 21.8 Å². The molecule has 1 aliphatic heterocycles. The molecular formula is C19H22N8O3S2. The second-order valence-corrected chi connectivity index (χ2v) is 8.34. The molecule has 2 aromatic rings. The van der Waals surface area contributed by atoms with Gasteiger partial charge < -0.3 is 15.5 Å². The van der Waals surface area contributed by atoms with Crippen molar-refractivity contribution in [2.75, 3.05) is 23.0 Å². The molecule has 32 heavy (non-hydrogen) atoms. The molecule has 0 atom stereocenters. The molecule has 0 spiro atoms. The van der Waals surface area contributed by atoms with Crippen molar-refractivity contribution in [1.82, 2.24) is 30.1 Å². The Morgan fingerprint density at radius 1 is 1.22 bits per heavy atom. The zero-order valence-corrected chi connectivity index (χ0v) is 19.1. The van der Waals surface area contributed by atoms with Crippen LogP contribution in [-0.4, -0.2) is 54.8 Å². The van der Waals surface area contributed by atoms with E-state index in [-0.39, 0.29) is 29.9 Å². The molecule has 1 aliphatic rings. The summed E-state index contributed by atoms with van der Waals surface area (Å²) in [5.41, 5.74) is 3.33. The monoisotopic (exact) mass is 474 g/mol. The summed E-state index contributed by atoms with van der Waals surface area (Å²) in [5, 5.41) is 16.2. The lowest BCUT2D eigenvalue weighted by atomic mass is 10.3. The van der Waals surface area contributed by atoms with Gasteiger partial charge in [0, 0.05) is 44.4 Å². The molecule has 3 N–H and O–H groups in total. The Bertz CT molecular complexity index is 1070. The van der Waals surface area contributed by atoms with Crippen LogP contribution in [0, 0.1) is 0 Å². The fraction of sp³-hybridized carbons (Fsp3) is 0.263. The molecule has 0 aliphatic carbocycles. The topological polar surface area (TPSA) is 134 Å². The predicted octanol–water partition coefficient (Wildman–Crippen LogP) is 1.44. The second-order valence-electron chi connectivity index (χ2n) is 6.54. The van der Waals surface area contributed by atoms with Crippen LogP contribution in [0.1, 0.15) is 25.4 Å². The van der Waals surface area contributed by atoms with Crippen molar-refractivity contribution in [3.8, 4) is 0 Å². The van der Waals surface area contributed by atoms with Crippen molar-refractivity contribution >= 4 is 46.0 Å². The maximum atomic E-state index is 12.2. The third-order valence-electron chi connectivity index (χ3n) is 3.83. The second kappa shape index (κ2) is 11.2. The number of amides is 3. The largest absolute Gasteiger partial charge is 0.349 e. The van der Waals surface area contributed by atoms with Crippen molar-refractivity contribution in [3.63, 3.8) is 0 Å². The van der Waals surface area contributed by atoms with Crippen molar-refractivity contribution in [2.24, 2.45) is 0 Å². The van der Waals surface area contributed by atoms with E-state index < -0.39 is 0 Å². The van der Waals surface area contributed by atoms with Gasteiger partial charge in [0.25, 0.3) is 0 Å². The Hall–Kier alpha value is -3.45. The van der Waals surface area contributed by atoms with Gasteiger partial charge in [0.1, 0.15) is 0 Å². The molecule has 0 saturated heterocycles. The first-order chi connectivity index (χ1) is 15.4. The van der Waals surface area contributed by atoms with Gasteiger partial charge >= 0.3 is 0 Å². The maximum Gasteiger partial charge on any atom is 0.235 e. The number of aromatic nitrogens is 4. The fourth-order valence-corrected chi connectivity index (χ4v) is 4.01. The van der Waals surface area contributed by atoms with Crippen LogP contribution < -0.4 is 16.1 Å². The Morgan fingerprint density at radius 3 is 2.78 bits per heavy atom. The van der Waals surface area contributed by atoms with Crippen LogP contribution in [0.15, 0.2) is 47.4 Å². The van der Waals surface area contributed by atoms with Gasteiger partial charge in [-0.2, -0.15) is 0 Å². The van der Waals surface area contributed by atoms with Gasteiger partial charge in [0.05, 0.1) is 17.9 Å². The number of allylic oxidation sites excluding steroid dienone is 2. The zero-order chi connectivity index (χ0) is 22.9. The quantitative estimate of drug-likeness (QED) is 0.465. The summed E-state index contributed by atoms with van der Waals surface area (Å²) in [6.45, 7) is 3.52. The molecule has 0 unspecified atom stereocenters. The molecule has 3 rings (SSSR count). The summed E-state index contributed by atoms with van der Waals surface area (Å²) in [6.07, 6.45) is 11.4. The lowest BCUT2D eigenvalue weighted by Crippen LogP contribution is -2.24. The predicted molar refractivity (Wildman–Crippen MR) is 122 cm³/mol. The van der Waals surface area contributed by atoms with E-state index in [4.69, 9.17) is 0 Å². The average molecular weight is 475 g/mol. The van der Waals surface area contributed by atoms with E-state index in [9.17, 15) is 14.4 Å². The summed E-state index contributed by atoms with van der Waals surface area (Å²) in [4.78, 5) is 41.2. The highest BCUT2D eigenvalue weighted by atomic mass is 32.2. The molecule has 13 heteroatoms. The lowest BCUT2D eigenvalue weighted by Gasteiger charge is -2.14. The van der Waals surface area contributed by atoms with Crippen molar-refractivity contribution in [2.45, 2.75) is 25.4 Å². The van der Waals surface area contributed by atoms with Gasteiger partial charge in [-0.3, -0.25) is 19.8 Å². The van der Waals surface area contributed by atoms with E-state index in [1.54, 1.807) is 17.8 Å². The number of rotatable bonds is 9. The summed E-state index contributed by atoms with van der Waals surface area (Å²) in [7, 11) is 0. The van der Waals surface area contributed by atoms with Gasteiger partial charge in [0.15, 0.2) is 11.0 Å². The number of carbonyl (C=O) groups is 3. The summed E-state index contributed by atoms with van der Waals surface area (Å²) >= 11 is 2.44. The van der Waals surface area contributed by atoms with E-state index in [1.807, 2.05) is 29.3 Å². The number of thioether (sulfide) groups is 1. The van der Waals surface area contributed by atoms with Crippen LogP contribution >= 0.6 is 23.1 Å². The highest BCUT2D eigenvalue weighted by Crippen LogP contribution is 2.20. The van der Waals surface area contributed by atoms with E-state index in [0.717, 1.165) is 18.3 Å². The number of hydrogen-bond donors (Lipinski definition) is 3. The Morgan fingerprint density at radius 2 is 2.06 bits per heavy atom. The van der Waals surface area contributed by atoms with Crippen LogP contribution in [-0.2, 0) is 20.8 Å². The molecule has 0 fully saturated rings. The fourth-order valence-electron chi connectivity index (χ4n) is 2.53. The Balaban J connectivity index is 1.59. The van der Waals surface area contributed by atoms with E-state index in [2.05, 4.69) is 31.2 Å². The number of carbonyl (C=O) groups excluding carboxylic acids is 3. The van der Waals surface area contributed by atoms with Crippen LogP contribution in [0.5, 0.6) is 0 Å². The number of nitrogens with zero attached hydrogens (tertiary/aromatic N) is 5. The molecule has 3 heterocycles. The highest BCUT2D eigenvalue weighted by Gasteiger charge is 2.17. The minimum Gasteiger partial charge on any atom is -0.349 e. The maximum absolute atomic E-state index is 12.2. The molecule has 0 radical (unpaired) electrons. The number of anilines is 1. The number of hydrogen-bond acceptors (Lipinski definition) is 9. The first-order valence-electron chi connectivity index (χ1n) is 9.52. The molecule has 0 saturated carbocycles. The molecule has 0 bridgehead atoms. The van der Waals surface area contributed by atoms with Crippen LogP contribution in [0.4, 0.5) is 5.13 Å². The minimum atomic E-state index is -0.305. The normalized spacial score (nSPS) is 12.9. The van der Waals surface area contributed by atoms with Gasteiger partial charge in [-0.05, 0) is 6.08 Å². The van der Waals surface area contributed by atoms with Gasteiger partial charge in [-0.1, -0.05) is 23.9 Å². The SMILES string of the molecule is CC(=O)Nc1nc(Cc2nnc(SCC(=O)N/C=C/N3C=CC=CC3)n2NC(C)=O)cs1. The first-order valence-corrected chi connectivity index (χ1v) is 11.4. The summed E-state index contributed by atoms with van der Waals surface area (Å²) in [5.74, 6) is -0.195. The first kappa shape index (κ1) is 23.2. The molecule has 168 valence electrons. The smallest absolute Gasteiger partial charge is 0.235 e. The van der Waals surface area contributed by atoms with Crippen LogP contribution in [0.3, 0.4) is 0 Å². The van der Waals surface area contributed by atoms with Crippen LogP contribution in [0.25, 0.3) is 0 Å². The van der Waals surface area contributed by atoms with Crippen molar-refractivity contribution < 1.29 is 14.4 Å². The summed E-state index contributed by atoms with van der Waals surface area (Å²) < 4.78 is 1.44. The lowest BCUT2D eigenvalue weighted by molar-refractivity contribution is -0.117. The molecule has 11 nitrogen and oxygen atoms in total. The standard InChI is InChI=1S/C19H22N8O3S2/c1-13(28)21-18-22-15(11-31-18)10-16-23-24-19(27(16)25-14(2)29)32-12-17(30)20-6-9-26-7-4-3-5-8-26/h3-7,9,11H,8,10,12H2,1-2H3,(H,20,30)(H,25,29)(H,21,22,28)/b9-6+. The Labute approximate surface area is 192 Å².